The number of hydrogen-bond donors (Lipinski definition) is 1. The van der Waals surface area contributed by atoms with Crippen LogP contribution < -0.4 is 14.8 Å². The lowest BCUT2D eigenvalue weighted by atomic mass is 9.90. The van der Waals surface area contributed by atoms with Crippen LogP contribution in [0.25, 0.3) is 11.3 Å². The molecule has 164 valence electrons. The highest BCUT2D eigenvalue weighted by Gasteiger charge is 2.31. The highest BCUT2D eigenvalue weighted by Crippen LogP contribution is 2.33. The summed E-state index contributed by atoms with van der Waals surface area (Å²) in [6.45, 7) is 2.38. The summed E-state index contributed by atoms with van der Waals surface area (Å²) in [6, 6.07) is 17.1. The van der Waals surface area contributed by atoms with Crippen LogP contribution in [0.5, 0.6) is 11.5 Å². The first-order chi connectivity index (χ1) is 15.0. The van der Waals surface area contributed by atoms with Crippen molar-refractivity contribution in [2.24, 2.45) is 7.05 Å². The van der Waals surface area contributed by atoms with Gasteiger partial charge in [0.05, 0.1) is 26.5 Å². The molecule has 0 saturated carbocycles. The largest absolute Gasteiger partial charge is 0.497 e. The van der Waals surface area contributed by atoms with Crippen molar-refractivity contribution < 1.29 is 19.0 Å². The van der Waals surface area contributed by atoms with Crippen LogP contribution in [0.2, 0.25) is 0 Å². The summed E-state index contributed by atoms with van der Waals surface area (Å²) in [5.74, 6) is 1.11. The summed E-state index contributed by atoms with van der Waals surface area (Å²) in [5.41, 5.74) is 2.23. The lowest BCUT2D eigenvalue weighted by Crippen LogP contribution is -2.42. The molecule has 0 aliphatic carbocycles. The minimum atomic E-state index is -0.603. The quantitative estimate of drug-likeness (QED) is 0.567. The lowest BCUT2D eigenvalue weighted by Gasteiger charge is -2.32. The van der Waals surface area contributed by atoms with Gasteiger partial charge in [-0.05, 0) is 36.2 Å². The van der Waals surface area contributed by atoms with Gasteiger partial charge in [-0.25, -0.2) is 0 Å². The first-order valence-electron chi connectivity index (χ1n) is 10.1. The summed E-state index contributed by atoms with van der Waals surface area (Å²) < 4.78 is 18.2. The number of hydrogen-bond acceptors (Lipinski definition) is 5. The number of methoxy groups -OCH3 is 3. The van der Waals surface area contributed by atoms with Gasteiger partial charge in [-0.2, -0.15) is 5.10 Å². The number of ether oxygens (including phenoxy) is 3. The van der Waals surface area contributed by atoms with Gasteiger partial charge in [0, 0.05) is 19.7 Å². The van der Waals surface area contributed by atoms with Crippen molar-refractivity contribution in [3.8, 4) is 22.8 Å². The highest BCUT2D eigenvalue weighted by atomic mass is 16.5. The van der Waals surface area contributed by atoms with Gasteiger partial charge in [0.15, 0.2) is 0 Å². The molecule has 1 atom stereocenters. The Balaban J connectivity index is 1.85. The van der Waals surface area contributed by atoms with Crippen LogP contribution in [-0.4, -0.2) is 43.6 Å². The number of aryl methyl sites for hydroxylation is 1. The van der Waals surface area contributed by atoms with E-state index in [4.69, 9.17) is 14.2 Å². The molecule has 0 spiro atoms. The Morgan fingerprint density at radius 1 is 1.06 bits per heavy atom. The lowest BCUT2D eigenvalue weighted by molar-refractivity contribution is -0.0165. The van der Waals surface area contributed by atoms with Crippen LogP contribution in [0.4, 0.5) is 0 Å². The van der Waals surface area contributed by atoms with Crippen molar-refractivity contribution in [2.75, 3.05) is 27.9 Å². The molecular formula is C24H29N3O4. The molecule has 0 saturated heterocycles. The van der Waals surface area contributed by atoms with E-state index in [1.165, 1.54) is 0 Å². The molecule has 7 heteroatoms. The van der Waals surface area contributed by atoms with Gasteiger partial charge in [-0.3, -0.25) is 9.48 Å². The SMILES string of the molecule is CCC(CNC(=O)c1cc(-c2cc(OC)ccc2OC)nn1C)(OC)c1ccccc1. The van der Waals surface area contributed by atoms with E-state index in [2.05, 4.69) is 10.4 Å². The first kappa shape index (κ1) is 22.4. The summed E-state index contributed by atoms with van der Waals surface area (Å²) in [6.07, 6.45) is 0.714. The zero-order valence-electron chi connectivity index (χ0n) is 18.6. The Kier molecular flexibility index (Phi) is 6.97. The van der Waals surface area contributed by atoms with Crippen molar-refractivity contribution in [1.82, 2.24) is 15.1 Å². The van der Waals surface area contributed by atoms with Crippen LogP contribution in [0.1, 0.15) is 29.4 Å². The van der Waals surface area contributed by atoms with Gasteiger partial charge in [-0.15, -0.1) is 0 Å². The second-order valence-electron chi connectivity index (χ2n) is 7.21. The van der Waals surface area contributed by atoms with Gasteiger partial charge in [0.25, 0.3) is 5.91 Å². The van der Waals surface area contributed by atoms with Gasteiger partial charge < -0.3 is 19.5 Å². The molecule has 0 radical (unpaired) electrons. The fourth-order valence-electron chi connectivity index (χ4n) is 3.65. The molecule has 0 bridgehead atoms. The van der Waals surface area contributed by atoms with Crippen LogP contribution in [0.15, 0.2) is 54.6 Å². The normalized spacial score (nSPS) is 12.8. The van der Waals surface area contributed by atoms with Gasteiger partial charge >= 0.3 is 0 Å². The number of benzene rings is 2. The van der Waals surface area contributed by atoms with Crippen molar-refractivity contribution >= 4 is 5.91 Å². The minimum Gasteiger partial charge on any atom is -0.497 e. The smallest absolute Gasteiger partial charge is 0.269 e. The molecule has 1 heterocycles. The monoisotopic (exact) mass is 423 g/mol. The van der Waals surface area contributed by atoms with Crippen molar-refractivity contribution in [3.05, 3.63) is 65.9 Å². The first-order valence-corrected chi connectivity index (χ1v) is 10.1. The number of carbonyl (C=O) groups excluding carboxylic acids is 1. The van der Waals surface area contributed by atoms with E-state index in [0.717, 1.165) is 11.1 Å². The topological polar surface area (TPSA) is 74.6 Å². The molecular weight excluding hydrogens is 394 g/mol. The molecule has 2 aromatic carbocycles. The second-order valence-corrected chi connectivity index (χ2v) is 7.21. The Labute approximate surface area is 182 Å². The summed E-state index contributed by atoms with van der Waals surface area (Å²) >= 11 is 0. The Morgan fingerprint density at radius 2 is 1.81 bits per heavy atom. The van der Waals surface area contributed by atoms with Crippen LogP contribution in [-0.2, 0) is 17.4 Å². The molecule has 3 rings (SSSR count). The molecule has 0 fully saturated rings. The molecule has 7 nitrogen and oxygen atoms in total. The molecule has 0 aliphatic rings. The number of aromatic nitrogens is 2. The fourth-order valence-corrected chi connectivity index (χ4v) is 3.65. The highest BCUT2D eigenvalue weighted by molar-refractivity contribution is 5.94. The van der Waals surface area contributed by atoms with Gasteiger partial charge in [0.2, 0.25) is 0 Å². The van der Waals surface area contributed by atoms with Crippen molar-refractivity contribution in [3.63, 3.8) is 0 Å². The number of nitrogens with one attached hydrogen (secondary N) is 1. The number of rotatable bonds is 9. The van der Waals surface area contributed by atoms with E-state index in [-0.39, 0.29) is 5.91 Å². The Bertz CT molecular complexity index is 1030. The average molecular weight is 424 g/mol. The molecule has 1 unspecified atom stereocenters. The predicted molar refractivity (Wildman–Crippen MR) is 120 cm³/mol. The molecule has 0 aliphatic heterocycles. The van der Waals surface area contributed by atoms with Crippen LogP contribution in [0, 0.1) is 0 Å². The zero-order valence-corrected chi connectivity index (χ0v) is 18.6. The Hall–Kier alpha value is -3.32. The molecule has 1 amide bonds. The maximum atomic E-state index is 13.0. The summed E-state index contributed by atoms with van der Waals surface area (Å²) in [4.78, 5) is 13.0. The second kappa shape index (κ2) is 9.66. The number of nitrogens with zero attached hydrogens (tertiary/aromatic N) is 2. The van der Waals surface area contributed by atoms with E-state index >= 15 is 0 Å². The summed E-state index contributed by atoms with van der Waals surface area (Å²) in [5, 5.41) is 7.53. The third kappa shape index (κ3) is 4.56. The fraction of sp³-hybridized carbons (Fsp3) is 0.333. The molecule has 31 heavy (non-hydrogen) atoms. The zero-order chi connectivity index (χ0) is 22.4. The molecule has 1 N–H and O–H groups in total. The Morgan fingerprint density at radius 3 is 2.42 bits per heavy atom. The maximum Gasteiger partial charge on any atom is 0.269 e. The van der Waals surface area contributed by atoms with E-state index in [1.54, 1.807) is 39.1 Å². The van der Waals surface area contributed by atoms with Crippen LogP contribution >= 0.6 is 0 Å². The van der Waals surface area contributed by atoms with E-state index in [9.17, 15) is 4.79 Å². The van der Waals surface area contributed by atoms with Crippen molar-refractivity contribution in [2.45, 2.75) is 18.9 Å². The predicted octanol–water partition coefficient (Wildman–Crippen LogP) is 3.79. The number of amides is 1. The van der Waals surface area contributed by atoms with Gasteiger partial charge in [0.1, 0.15) is 22.8 Å². The van der Waals surface area contributed by atoms with Crippen molar-refractivity contribution in [1.29, 1.82) is 0 Å². The van der Waals surface area contributed by atoms with E-state index < -0.39 is 5.60 Å². The molecule has 1 aromatic heterocycles. The van der Waals surface area contributed by atoms with Gasteiger partial charge in [-0.1, -0.05) is 37.3 Å². The average Bonchev–Trinajstić information content (AvgIpc) is 3.21. The maximum absolute atomic E-state index is 13.0. The van der Waals surface area contributed by atoms with Crippen LogP contribution in [0.3, 0.4) is 0 Å². The minimum absolute atomic E-state index is 0.228. The van der Waals surface area contributed by atoms with E-state index in [1.807, 2.05) is 55.5 Å². The summed E-state index contributed by atoms with van der Waals surface area (Å²) in [7, 11) is 6.61. The third-order valence-corrected chi connectivity index (χ3v) is 5.59. The molecule has 3 aromatic rings. The van der Waals surface area contributed by atoms with E-state index in [0.29, 0.717) is 35.9 Å². The third-order valence-electron chi connectivity index (χ3n) is 5.59. The number of carbonyl (C=O) groups is 1. The standard InChI is InChI=1S/C24H29N3O4/c1-6-24(31-5,17-10-8-7-9-11-17)16-25-23(28)21-15-20(26-27(21)2)19-14-18(29-3)12-13-22(19)30-4/h7-15H,6,16H2,1-5H3,(H,25,28).